The molecule has 4 aromatic carbocycles. The first-order valence-electron chi connectivity index (χ1n) is 10.3. The zero-order valence-corrected chi connectivity index (χ0v) is 18.6. The van der Waals surface area contributed by atoms with E-state index in [4.69, 9.17) is 23.2 Å². The van der Waals surface area contributed by atoms with Crippen molar-refractivity contribution in [2.45, 2.75) is 6.54 Å². The van der Waals surface area contributed by atoms with E-state index in [1.165, 1.54) is 16.5 Å². The fourth-order valence-corrected chi connectivity index (χ4v) is 4.25. The van der Waals surface area contributed by atoms with E-state index < -0.39 is 0 Å². The highest BCUT2D eigenvalue weighted by atomic mass is 35.5. The summed E-state index contributed by atoms with van der Waals surface area (Å²) < 4.78 is 2.32. The molecule has 0 fully saturated rings. The van der Waals surface area contributed by atoms with Crippen LogP contribution < -0.4 is 0 Å². The Labute approximate surface area is 196 Å². The number of carbonyl (C=O) groups excluding carboxylic acids is 1. The van der Waals surface area contributed by atoms with Gasteiger partial charge in [0, 0.05) is 44.0 Å². The van der Waals surface area contributed by atoms with Gasteiger partial charge in [-0.05, 0) is 71.8 Å². The van der Waals surface area contributed by atoms with Gasteiger partial charge in [0.15, 0.2) is 5.78 Å². The molecule has 0 aliphatic heterocycles. The van der Waals surface area contributed by atoms with Crippen molar-refractivity contribution in [3.05, 3.63) is 124 Å². The first-order valence-corrected chi connectivity index (χ1v) is 11.1. The van der Waals surface area contributed by atoms with Crippen molar-refractivity contribution in [2.24, 2.45) is 0 Å². The van der Waals surface area contributed by atoms with E-state index in [-0.39, 0.29) is 5.78 Å². The zero-order chi connectivity index (χ0) is 22.1. The van der Waals surface area contributed by atoms with E-state index in [2.05, 4.69) is 53.1 Å². The predicted octanol–water partition coefficient (Wildman–Crippen LogP) is 8.05. The molecule has 4 heteroatoms. The first kappa shape index (κ1) is 20.6. The fourth-order valence-electron chi connectivity index (χ4n) is 4.00. The van der Waals surface area contributed by atoms with Gasteiger partial charge in [0.25, 0.3) is 0 Å². The van der Waals surface area contributed by atoms with Gasteiger partial charge in [-0.2, -0.15) is 0 Å². The molecule has 0 spiro atoms. The van der Waals surface area contributed by atoms with Crippen LogP contribution in [-0.4, -0.2) is 10.4 Å². The summed E-state index contributed by atoms with van der Waals surface area (Å²) in [5.74, 6) is -0.0491. The second kappa shape index (κ2) is 8.66. The van der Waals surface area contributed by atoms with E-state index in [1.807, 2.05) is 24.3 Å². The summed E-state index contributed by atoms with van der Waals surface area (Å²) in [4.78, 5) is 12.5. The minimum absolute atomic E-state index is 0.0491. The number of aromatic nitrogens is 1. The fraction of sp³-hybridized carbons (Fsp3) is 0.0357. The molecule has 0 atom stereocenters. The molecule has 0 N–H and O–H groups in total. The summed E-state index contributed by atoms with van der Waals surface area (Å²) in [7, 11) is 0. The van der Waals surface area contributed by atoms with Gasteiger partial charge in [-0.1, -0.05) is 65.7 Å². The average molecular weight is 456 g/mol. The van der Waals surface area contributed by atoms with Gasteiger partial charge in [0.1, 0.15) is 0 Å². The van der Waals surface area contributed by atoms with Gasteiger partial charge >= 0.3 is 0 Å². The van der Waals surface area contributed by atoms with Gasteiger partial charge in [0.05, 0.1) is 0 Å². The molecule has 0 radical (unpaired) electrons. The van der Waals surface area contributed by atoms with E-state index in [9.17, 15) is 4.79 Å². The van der Waals surface area contributed by atoms with Crippen molar-refractivity contribution in [2.75, 3.05) is 0 Å². The third kappa shape index (κ3) is 4.08. The molecular weight excluding hydrogens is 437 g/mol. The molecule has 0 saturated heterocycles. The summed E-state index contributed by atoms with van der Waals surface area (Å²) in [5, 5.41) is 3.71. The van der Waals surface area contributed by atoms with E-state index >= 15 is 0 Å². The van der Waals surface area contributed by atoms with Gasteiger partial charge in [-0.15, -0.1) is 0 Å². The number of para-hydroxylation sites is 1. The maximum absolute atomic E-state index is 12.5. The molecule has 1 heterocycles. The molecular formula is C28H19Cl2NO. The first-order chi connectivity index (χ1) is 15.6. The van der Waals surface area contributed by atoms with E-state index in [0.29, 0.717) is 10.6 Å². The Morgan fingerprint density at radius 2 is 1.41 bits per heavy atom. The molecule has 2 nitrogen and oxygen atoms in total. The molecule has 0 unspecified atom stereocenters. The topological polar surface area (TPSA) is 22.0 Å². The van der Waals surface area contributed by atoms with Gasteiger partial charge in [-0.3, -0.25) is 4.79 Å². The van der Waals surface area contributed by atoms with Crippen LogP contribution in [0.3, 0.4) is 0 Å². The normalized spacial score (nSPS) is 11.6. The number of fused-ring (bicyclic) bond motifs is 3. The number of allylic oxidation sites excluding steroid dienone is 1. The van der Waals surface area contributed by atoms with Crippen LogP contribution in [0.1, 0.15) is 21.5 Å². The molecule has 0 aliphatic rings. The monoisotopic (exact) mass is 455 g/mol. The SMILES string of the molecule is O=C(/C=C/c1ccc2c(c1)c1ccccc1n2Cc1ccc(Cl)cc1)c1ccc(Cl)cc1. The highest BCUT2D eigenvalue weighted by Gasteiger charge is 2.11. The molecule has 5 rings (SSSR count). The van der Waals surface area contributed by atoms with Crippen LogP contribution in [0.2, 0.25) is 10.0 Å². The molecule has 0 aliphatic carbocycles. The number of nitrogens with zero attached hydrogens (tertiary/aromatic N) is 1. The van der Waals surface area contributed by atoms with E-state index in [1.54, 1.807) is 30.3 Å². The Hall–Kier alpha value is -3.33. The summed E-state index contributed by atoms with van der Waals surface area (Å²) in [6.07, 6.45) is 3.47. The quantitative estimate of drug-likeness (QED) is 0.194. The van der Waals surface area contributed by atoms with Gasteiger partial charge in [-0.25, -0.2) is 0 Å². The second-order valence-electron chi connectivity index (χ2n) is 7.71. The average Bonchev–Trinajstić information content (AvgIpc) is 3.12. The van der Waals surface area contributed by atoms with Crippen molar-refractivity contribution in [3.63, 3.8) is 0 Å². The summed E-state index contributed by atoms with van der Waals surface area (Å²) in [5.41, 5.74) is 5.12. The van der Waals surface area contributed by atoms with Crippen molar-refractivity contribution in [1.29, 1.82) is 0 Å². The highest BCUT2D eigenvalue weighted by Crippen LogP contribution is 2.31. The van der Waals surface area contributed by atoms with Crippen LogP contribution in [0, 0.1) is 0 Å². The Kier molecular flexibility index (Phi) is 5.57. The largest absolute Gasteiger partial charge is 0.336 e. The van der Waals surface area contributed by atoms with Crippen LogP contribution >= 0.6 is 23.2 Å². The third-order valence-electron chi connectivity index (χ3n) is 5.61. The van der Waals surface area contributed by atoms with Crippen LogP contribution in [0.5, 0.6) is 0 Å². The maximum Gasteiger partial charge on any atom is 0.185 e. The number of halogens is 2. The molecule has 1 aromatic heterocycles. The van der Waals surface area contributed by atoms with Gasteiger partial charge < -0.3 is 4.57 Å². The lowest BCUT2D eigenvalue weighted by atomic mass is 10.1. The second-order valence-corrected chi connectivity index (χ2v) is 8.58. The summed E-state index contributed by atoms with van der Waals surface area (Å²) >= 11 is 12.0. The lowest BCUT2D eigenvalue weighted by Gasteiger charge is -2.08. The van der Waals surface area contributed by atoms with Crippen LogP contribution in [-0.2, 0) is 6.54 Å². The van der Waals surface area contributed by atoms with Crippen LogP contribution in [0.15, 0.2) is 97.1 Å². The zero-order valence-electron chi connectivity index (χ0n) is 17.1. The number of ketones is 1. The lowest BCUT2D eigenvalue weighted by molar-refractivity contribution is 0.104. The number of hydrogen-bond donors (Lipinski definition) is 0. The number of benzene rings is 4. The number of rotatable bonds is 5. The van der Waals surface area contributed by atoms with Crippen molar-refractivity contribution >= 4 is 56.9 Å². The van der Waals surface area contributed by atoms with Crippen LogP contribution in [0.25, 0.3) is 27.9 Å². The Morgan fingerprint density at radius 1 is 0.750 bits per heavy atom. The highest BCUT2D eigenvalue weighted by molar-refractivity contribution is 6.31. The minimum Gasteiger partial charge on any atom is -0.336 e. The Balaban J connectivity index is 1.52. The Bertz CT molecular complexity index is 1460. The number of hydrogen-bond acceptors (Lipinski definition) is 1. The minimum atomic E-state index is -0.0491. The molecule has 0 bridgehead atoms. The van der Waals surface area contributed by atoms with Gasteiger partial charge in [0.2, 0.25) is 0 Å². The molecule has 156 valence electrons. The van der Waals surface area contributed by atoms with Crippen molar-refractivity contribution in [3.8, 4) is 0 Å². The summed E-state index contributed by atoms with van der Waals surface area (Å²) in [6.45, 7) is 0.755. The maximum atomic E-state index is 12.5. The molecule has 0 amide bonds. The molecule has 32 heavy (non-hydrogen) atoms. The lowest BCUT2D eigenvalue weighted by Crippen LogP contribution is -1.99. The Morgan fingerprint density at radius 3 is 2.16 bits per heavy atom. The molecule has 0 saturated carbocycles. The molecule has 5 aromatic rings. The van der Waals surface area contributed by atoms with Crippen molar-refractivity contribution < 1.29 is 4.79 Å². The predicted molar refractivity (Wildman–Crippen MR) is 135 cm³/mol. The standard InChI is InChI=1S/C28H19Cl2NO/c29-22-11-5-20(6-12-22)18-31-26-4-2-1-3-24(26)25-17-19(7-15-27(25)31)8-16-28(32)21-9-13-23(30)14-10-21/h1-17H,18H2/b16-8+. The van der Waals surface area contributed by atoms with Crippen LogP contribution in [0.4, 0.5) is 0 Å². The smallest absolute Gasteiger partial charge is 0.185 e. The summed E-state index contributed by atoms with van der Waals surface area (Å²) in [6, 6.07) is 29.6. The van der Waals surface area contributed by atoms with Crippen molar-refractivity contribution in [1.82, 2.24) is 4.57 Å². The van der Waals surface area contributed by atoms with E-state index in [0.717, 1.165) is 28.0 Å². The third-order valence-corrected chi connectivity index (χ3v) is 6.11. The number of carbonyl (C=O) groups is 1.